The zero-order chi connectivity index (χ0) is 13.4. The topological polar surface area (TPSA) is 75.7 Å². The summed E-state index contributed by atoms with van der Waals surface area (Å²) in [4.78, 5) is 11.6. The minimum absolute atomic E-state index is 0.206. The van der Waals surface area contributed by atoms with Crippen LogP contribution in [0.3, 0.4) is 0 Å². The lowest BCUT2D eigenvalue weighted by atomic mass is 10.2. The summed E-state index contributed by atoms with van der Waals surface area (Å²) < 4.78 is 28.7. The first-order valence-electron chi connectivity index (χ1n) is 6.26. The van der Waals surface area contributed by atoms with E-state index in [1.54, 1.807) is 0 Å². The molecule has 0 bridgehead atoms. The molecule has 104 valence electrons. The Balaban J connectivity index is 1.73. The number of ether oxygens (including phenoxy) is 1. The zero-order valence-electron chi connectivity index (χ0n) is 10.8. The fraction of sp³-hybridized carbons (Fsp3) is 0.909. The van der Waals surface area contributed by atoms with Crippen LogP contribution in [0.15, 0.2) is 0 Å². The average Bonchev–Trinajstić information content (AvgIpc) is 2.80. The molecule has 2 saturated heterocycles. The van der Waals surface area contributed by atoms with Crippen molar-refractivity contribution in [3.05, 3.63) is 0 Å². The van der Waals surface area contributed by atoms with E-state index in [2.05, 4.69) is 5.32 Å². The van der Waals surface area contributed by atoms with E-state index in [4.69, 9.17) is 4.74 Å². The van der Waals surface area contributed by atoms with E-state index in [0.717, 1.165) is 23.8 Å². The molecule has 6 nitrogen and oxygen atoms in total. The molecule has 0 radical (unpaired) electrons. The summed E-state index contributed by atoms with van der Waals surface area (Å²) in [5.74, 6) is -0.318. The van der Waals surface area contributed by atoms with Crippen molar-refractivity contribution in [1.82, 2.24) is 9.62 Å². The van der Waals surface area contributed by atoms with Gasteiger partial charge in [-0.2, -0.15) is 0 Å². The third-order valence-electron chi connectivity index (χ3n) is 3.56. The summed E-state index contributed by atoms with van der Waals surface area (Å²) in [6, 6.07) is 0. The van der Waals surface area contributed by atoms with Gasteiger partial charge in [-0.05, 0) is 26.7 Å². The minimum atomic E-state index is -3.44. The van der Waals surface area contributed by atoms with Crippen molar-refractivity contribution in [1.29, 1.82) is 0 Å². The van der Waals surface area contributed by atoms with Crippen LogP contribution in [-0.4, -0.2) is 55.7 Å². The van der Waals surface area contributed by atoms with Crippen molar-refractivity contribution >= 4 is 15.9 Å². The van der Waals surface area contributed by atoms with Crippen LogP contribution in [0.4, 0.5) is 0 Å². The van der Waals surface area contributed by atoms with E-state index in [1.165, 1.54) is 13.8 Å². The van der Waals surface area contributed by atoms with Crippen LogP contribution in [0.1, 0.15) is 26.7 Å². The van der Waals surface area contributed by atoms with Crippen LogP contribution in [0.25, 0.3) is 0 Å². The van der Waals surface area contributed by atoms with Crippen LogP contribution in [0.2, 0.25) is 0 Å². The molecule has 0 aliphatic carbocycles. The predicted octanol–water partition coefficient (Wildman–Crippen LogP) is -0.294. The first-order valence-corrected chi connectivity index (χ1v) is 7.70. The molecule has 1 atom stereocenters. The SMILES string of the molecule is CC1(C)C(=O)N(CCNCC2CCCO2)S1(=O)=O. The van der Waals surface area contributed by atoms with Gasteiger partial charge in [-0.15, -0.1) is 0 Å². The Bertz CT molecular complexity index is 426. The molecule has 18 heavy (non-hydrogen) atoms. The van der Waals surface area contributed by atoms with Crippen molar-refractivity contribution < 1.29 is 17.9 Å². The largest absolute Gasteiger partial charge is 0.377 e. The number of carbonyl (C=O) groups excluding carboxylic acids is 1. The normalized spacial score (nSPS) is 29.3. The van der Waals surface area contributed by atoms with Crippen LogP contribution in [0, 0.1) is 0 Å². The van der Waals surface area contributed by atoms with Gasteiger partial charge < -0.3 is 10.1 Å². The Morgan fingerprint density at radius 3 is 2.78 bits per heavy atom. The summed E-state index contributed by atoms with van der Waals surface area (Å²) in [6.45, 7) is 5.09. The predicted molar refractivity (Wildman–Crippen MR) is 66.6 cm³/mol. The third kappa shape index (κ3) is 2.15. The minimum Gasteiger partial charge on any atom is -0.377 e. The maximum absolute atomic E-state index is 11.8. The van der Waals surface area contributed by atoms with Crippen molar-refractivity contribution in [2.75, 3.05) is 26.2 Å². The molecule has 2 heterocycles. The lowest BCUT2D eigenvalue weighted by Gasteiger charge is -2.43. The van der Waals surface area contributed by atoms with Gasteiger partial charge in [0.05, 0.1) is 6.10 Å². The summed E-state index contributed by atoms with van der Waals surface area (Å²) in [6.07, 6.45) is 2.35. The number of carbonyl (C=O) groups is 1. The van der Waals surface area contributed by atoms with E-state index >= 15 is 0 Å². The Morgan fingerprint density at radius 2 is 2.22 bits per heavy atom. The molecular formula is C11H20N2O4S. The van der Waals surface area contributed by atoms with E-state index in [-0.39, 0.29) is 18.6 Å². The van der Waals surface area contributed by atoms with Gasteiger partial charge in [0.15, 0.2) is 4.75 Å². The fourth-order valence-electron chi connectivity index (χ4n) is 2.23. The van der Waals surface area contributed by atoms with Crippen LogP contribution < -0.4 is 5.32 Å². The standard InChI is InChI=1S/C11H20N2O4S/c1-11(2)10(14)13(18(11,15)16)6-5-12-8-9-4-3-7-17-9/h9,12H,3-8H2,1-2H3. The van der Waals surface area contributed by atoms with Gasteiger partial charge in [0.1, 0.15) is 0 Å². The second-order valence-electron chi connectivity index (χ2n) is 5.23. The molecule has 0 aromatic rings. The molecule has 1 amide bonds. The second kappa shape index (κ2) is 4.79. The zero-order valence-corrected chi connectivity index (χ0v) is 11.6. The average molecular weight is 276 g/mol. The van der Waals surface area contributed by atoms with Crippen molar-refractivity contribution in [3.63, 3.8) is 0 Å². The first-order chi connectivity index (χ1) is 8.37. The number of hydrogen-bond acceptors (Lipinski definition) is 5. The fourth-order valence-corrected chi connectivity index (χ4v) is 3.75. The van der Waals surface area contributed by atoms with Gasteiger partial charge in [-0.1, -0.05) is 0 Å². The molecule has 1 N–H and O–H groups in total. The van der Waals surface area contributed by atoms with Crippen molar-refractivity contribution in [2.24, 2.45) is 0 Å². The molecule has 7 heteroatoms. The Kier molecular flexibility index (Phi) is 3.66. The summed E-state index contributed by atoms with van der Waals surface area (Å²) >= 11 is 0. The van der Waals surface area contributed by atoms with Crippen LogP contribution >= 0.6 is 0 Å². The smallest absolute Gasteiger partial charge is 0.258 e. The maximum Gasteiger partial charge on any atom is 0.258 e. The van der Waals surface area contributed by atoms with Gasteiger partial charge in [0.25, 0.3) is 15.9 Å². The Hall–Kier alpha value is -0.660. The van der Waals surface area contributed by atoms with E-state index in [1.807, 2.05) is 0 Å². The van der Waals surface area contributed by atoms with Gasteiger partial charge in [-0.25, -0.2) is 12.7 Å². The number of sulfonamides is 1. The van der Waals surface area contributed by atoms with E-state index in [0.29, 0.717) is 13.1 Å². The van der Waals surface area contributed by atoms with Gasteiger partial charge in [-0.3, -0.25) is 4.79 Å². The number of nitrogens with one attached hydrogen (secondary N) is 1. The highest BCUT2D eigenvalue weighted by atomic mass is 32.2. The molecule has 0 spiro atoms. The maximum atomic E-state index is 11.8. The monoisotopic (exact) mass is 276 g/mol. The van der Waals surface area contributed by atoms with Crippen LogP contribution in [-0.2, 0) is 19.6 Å². The molecule has 0 aromatic heterocycles. The molecule has 2 aliphatic heterocycles. The van der Waals surface area contributed by atoms with E-state index in [9.17, 15) is 13.2 Å². The Labute approximate surface area is 108 Å². The molecule has 1 unspecified atom stereocenters. The molecule has 0 aromatic carbocycles. The van der Waals surface area contributed by atoms with Gasteiger partial charge in [0.2, 0.25) is 0 Å². The molecule has 2 rings (SSSR count). The molecule has 0 saturated carbocycles. The highest BCUT2D eigenvalue weighted by Gasteiger charge is 2.59. The molecule has 2 aliphatic rings. The lowest BCUT2D eigenvalue weighted by molar-refractivity contribution is -0.132. The number of amides is 1. The van der Waals surface area contributed by atoms with Crippen molar-refractivity contribution in [2.45, 2.75) is 37.5 Å². The Morgan fingerprint density at radius 1 is 1.50 bits per heavy atom. The third-order valence-corrected chi connectivity index (χ3v) is 5.96. The second-order valence-corrected chi connectivity index (χ2v) is 7.64. The first kappa shape index (κ1) is 13.8. The lowest BCUT2D eigenvalue weighted by Crippen LogP contribution is -2.68. The number of nitrogens with zero attached hydrogens (tertiary/aromatic N) is 1. The quantitative estimate of drug-likeness (QED) is 0.698. The highest BCUT2D eigenvalue weighted by Crippen LogP contribution is 2.34. The van der Waals surface area contributed by atoms with Crippen LogP contribution in [0.5, 0.6) is 0 Å². The van der Waals surface area contributed by atoms with Crippen molar-refractivity contribution in [3.8, 4) is 0 Å². The highest BCUT2D eigenvalue weighted by molar-refractivity contribution is 7.94. The summed E-state index contributed by atoms with van der Waals surface area (Å²) in [5.41, 5.74) is 0. The molecule has 2 fully saturated rings. The number of hydrogen-bond donors (Lipinski definition) is 1. The van der Waals surface area contributed by atoms with E-state index < -0.39 is 14.8 Å². The summed E-state index contributed by atoms with van der Waals surface area (Å²) in [5, 5.41) is 3.13. The molecular weight excluding hydrogens is 256 g/mol. The summed E-state index contributed by atoms with van der Waals surface area (Å²) in [7, 11) is -3.44. The van der Waals surface area contributed by atoms with Gasteiger partial charge >= 0.3 is 0 Å². The number of rotatable bonds is 5. The van der Waals surface area contributed by atoms with Gasteiger partial charge in [0, 0.05) is 26.2 Å².